The lowest BCUT2D eigenvalue weighted by atomic mass is 9.95. The van der Waals surface area contributed by atoms with Gasteiger partial charge < -0.3 is 10.2 Å². The summed E-state index contributed by atoms with van der Waals surface area (Å²) in [6.45, 7) is 1.92. The zero-order chi connectivity index (χ0) is 26.5. The second kappa shape index (κ2) is 11.0. The van der Waals surface area contributed by atoms with Crippen molar-refractivity contribution in [2.24, 2.45) is 0 Å². The lowest BCUT2D eigenvalue weighted by Crippen LogP contribution is -2.28. The first-order valence-electron chi connectivity index (χ1n) is 12.5. The molecule has 0 radical (unpaired) electrons. The largest absolute Gasteiger partial charge is 0.321 e. The molecule has 0 unspecified atom stereocenters. The highest BCUT2D eigenvalue weighted by Crippen LogP contribution is 2.32. The van der Waals surface area contributed by atoms with Crippen LogP contribution in [0.3, 0.4) is 0 Å². The van der Waals surface area contributed by atoms with Crippen LogP contribution in [0, 0.1) is 6.92 Å². The summed E-state index contributed by atoms with van der Waals surface area (Å²) in [4.78, 5) is 29.1. The molecule has 0 spiro atoms. The van der Waals surface area contributed by atoms with Crippen molar-refractivity contribution in [3.05, 3.63) is 144 Å². The molecule has 0 fully saturated rings. The predicted octanol–water partition coefficient (Wildman–Crippen LogP) is 7.86. The molecule has 0 heterocycles. The highest BCUT2D eigenvalue weighted by atomic mass is 16.2. The molecule has 1 N–H and O–H groups in total. The molecular formula is C34H28N2O2. The molecule has 4 heteroatoms. The highest BCUT2D eigenvalue weighted by Gasteiger charge is 2.22. The van der Waals surface area contributed by atoms with Gasteiger partial charge in [0.05, 0.1) is 22.5 Å². The van der Waals surface area contributed by atoms with E-state index in [0.717, 1.165) is 33.5 Å². The Kier molecular flexibility index (Phi) is 7.14. The maximum Gasteiger partial charge on any atom is 0.260 e. The number of hydrogen-bond donors (Lipinski definition) is 1. The van der Waals surface area contributed by atoms with E-state index in [1.54, 1.807) is 24.1 Å². The lowest BCUT2D eigenvalue weighted by Gasteiger charge is -2.22. The number of amides is 2. The summed E-state index contributed by atoms with van der Waals surface area (Å²) in [6.07, 6.45) is 0. The molecule has 0 aliphatic carbocycles. The third-order valence-electron chi connectivity index (χ3n) is 6.65. The number of para-hydroxylation sites is 2. The van der Waals surface area contributed by atoms with Crippen molar-refractivity contribution in [2.45, 2.75) is 6.92 Å². The molecule has 0 aromatic heterocycles. The van der Waals surface area contributed by atoms with Gasteiger partial charge in [-0.3, -0.25) is 9.59 Å². The Hall–Kier alpha value is -4.96. The topological polar surface area (TPSA) is 49.4 Å². The molecule has 38 heavy (non-hydrogen) atoms. The zero-order valence-corrected chi connectivity index (χ0v) is 21.4. The first-order valence-corrected chi connectivity index (χ1v) is 12.5. The molecule has 5 aromatic carbocycles. The van der Waals surface area contributed by atoms with E-state index >= 15 is 0 Å². The molecule has 5 rings (SSSR count). The second-order valence-corrected chi connectivity index (χ2v) is 9.11. The molecule has 0 atom stereocenters. The standard InChI is InChI=1S/C34H28N2O2/c1-24-14-13-21-28(26-17-7-4-8-18-26)32(24)33(37)35-30-22-11-9-20-29(30)34(38)36(2)31-23-12-10-19-27(31)25-15-5-3-6-16-25/h3-23H,1-2H3,(H,35,37). The quantitative estimate of drug-likeness (QED) is 0.260. The van der Waals surface area contributed by atoms with Crippen LogP contribution in [0.5, 0.6) is 0 Å². The van der Waals surface area contributed by atoms with Crippen molar-refractivity contribution in [1.82, 2.24) is 0 Å². The van der Waals surface area contributed by atoms with E-state index < -0.39 is 0 Å². The van der Waals surface area contributed by atoms with Crippen LogP contribution >= 0.6 is 0 Å². The Morgan fingerprint density at radius 2 is 1.16 bits per heavy atom. The Bertz CT molecular complexity index is 1590. The van der Waals surface area contributed by atoms with Crippen LogP contribution in [0.15, 0.2) is 127 Å². The predicted molar refractivity (Wildman–Crippen MR) is 156 cm³/mol. The Labute approximate surface area is 223 Å². The Morgan fingerprint density at radius 1 is 0.605 bits per heavy atom. The van der Waals surface area contributed by atoms with Crippen molar-refractivity contribution in [3.8, 4) is 22.3 Å². The zero-order valence-electron chi connectivity index (χ0n) is 21.4. The fourth-order valence-corrected chi connectivity index (χ4v) is 4.71. The van der Waals surface area contributed by atoms with Crippen LogP contribution in [-0.4, -0.2) is 18.9 Å². The number of carbonyl (C=O) groups is 2. The van der Waals surface area contributed by atoms with E-state index in [9.17, 15) is 9.59 Å². The summed E-state index contributed by atoms with van der Waals surface area (Å²) in [5.74, 6) is -0.466. The van der Waals surface area contributed by atoms with Crippen molar-refractivity contribution < 1.29 is 9.59 Å². The van der Waals surface area contributed by atoms with Crippen molar-refractivity contribution in [2.75, 3.05) is 17.3 Å². The van der Waals surface area contributed by atoms with Gasteiger partial charge in [0, 0.05) is 12.6 Å². The molecule has 5 aromatic rings. The summed E-state index contributed by atoms with van der Waals surface area (Å²) >= 11 is 0. The molecule has 0 aliphatic heterocycles. The minimum absolute atomic E-state index is 0.211. The summed E-state index contributed by atoms with van der Waals surface area (Å²) in [6, 6.07) is 40.6. The second-order valence-electron chi connectivity index (χ2n) is 9.11. The van der Waals surface area contributed by atoms with Gasteiger partial charge in [-0.1, -0.05) is 109 Å². The number of benzene rings is 5. The first kappa shape index (κ1) is 24.7. The number of carbonyl (C=O) groups excluding carboxylic acids is 2. The van der Waals surface area contributed by atoms with E-state index in [-0.39, 0.29) is 11.8 Å². The number of anilines is 2. The van der Waals surface area contributed by atoms with E-state index in [1.807, 2.05) is 122 Å². The minimum Gasteiger partial charge on any atom is -0.321 e. The monoisotopic (exact) mass is 496 g/mol. The molecule has 186 valence electrons. The third kappa shape index (κ3) is 4.97. The fraction of sp³-hybridized carbons (Fsp3) is 0.0588. The van der Waals surface area contributed by atoms with Crippen LogP contribution in [0.1, 0.15) is 26.3 Å². The average Bonchev–Trinajstić information content (AvgIpc) is 2.97. The van der Waals surface area contributed by atoms with Crippen LogP contribution in [0.25, 0.3) is 22.3 Å². The van der Waals surface area contributed by atoms with Gasteiger partial charge >= 0.3 is 0 Å². The van der Waals surface area contributed by atoms with Gasteiger partial charge in [0.25, 0.3) is 11.8 Å². The van der Waals surface area contributed by atoms with Gasteiger partial charge in [-0.15, -0.1) is 0 Å². The van der Waals surface area contributed by atoms with Gasteiger partial charge in [-0.2, -0.15) is 0 Å². The van der Waals surface area contributed by atoms with Crippen LogP contribution in [0.4, 0.5) is 11.4 Å². The molecule has 0 saturated carbocycles. The van der Waals surface area contributed by atoms with Crippen LogP contribution < -0.4 is 10.2 Å². The van der Waals surface area contributed by atoms with Crippen molar-refractivity contribution >= 4 is 23.2 Å². The normalized spacial score (nSPS) is 10.6. The molecule has 4 nitrogen and oxygen atoms in total. The van der Waals surface area contributed by atoms with Crippen LogP contribution in [-0.2, 0) is 0 Å². The maximum absolute atomic E-state index is 13.8. The number of nitrogens with one attached hydrogen (secondary N) is 1. The molecule has 0 aliphatic rings. The first-order chi connectivity index (χ1) is 18.5. The van der Waals surface area contributed by atoms with E-state index in [4.69, 9.17) is 0 Å². The molecule has 0 saturated heterocycles. The van der Waals surface area contributed by atoms with E-state index in [2.05, 4.69) is 5.32 Å². The highest BCUT2D eigenvalue weighted by molar-refractivity contribution is 6.15. The number of nitrogens with zero attached hydrogens (tertiary/aromatic N) is 1. The minimum atomic E-state index is -0.255. The summed E-state index contributed by atoms with van der Waals surface area (Å²) in [5, 5.41) is 3.02. The fourth-order valence-electron chi connectivity index (χ4n) is 4.71. The average molecular weight is 497 g/mol. The van der Waals surface area contributed by atoms with Crippen LogP contribution in [0.2, 0.25) is 0 Å². The van der Waals surface area contributed by atoms with Gasteiger partial charge in [0.15, 0.2) is 0 Å². The lowest BCUT2D eigenvalue weighted by molar-refractivity contribution is 0.0994. The van der Waals surface area contributed by atoms with E-state index in [0.29, 0.717) is 16.8 Å². The Balaban J connectivity index is 1.48. The van der Waals surface area contributed by atoms with Crippen molar-refractivity contribution in [1.29, 1.82) is 0 Å². The summed E-state index contributed by atoms with van der Waals surface area (Å²) in [7, 11) is 1.76. The SMILES string of the molecule is Cc1cccc(-c2ccccc2)c1C(=O)Nc1ccccc1C(=O)N(C)c1ccccc1-c1ccccc1. The maximum atomic E-state index is 13.8. The smallest absolute Gasteiger partial charge is 0.260 e. The van der Waals surface area contributed by atoms with Gasteiger partial charge in [-0.05, 0) is 47.4 Å². The number of aryl methyl sites for hydroxylation is 1. The molecule has 2 amide bonds. The van der Waals surface area contributed by atoms with Gasteiger partial charge in [-0.25, -0.2) is 0 Å². The number of rotatable bonds is 6. The molecular weight excluding hydrogens is 468 g/mol. The van der Waals surface area contributed by atoms with Crippen molar-refractivity contribution in [3.63, 3.8) is 0 Å². The summed E-state index contributed by atoms with van der Waals surface area (Å²) in [5.41, 5.74) is 6.91. The Morgan fingerprint density at radius 3 is 1.87 bits per heavy atom. The summed E-state index contributed by atoms with van der Waals surface area (Å²) < 4.78 is 0. The van der Waals surface area contributed by atoms with E-state index in [1.165, 1.54) is 0 Å². The van der Waals surface area contributed by atoms with Gasteiger partial charge in [0.1, 0.15) is 0 Å². The number of hydrogen-bond acceptors (Lipinski definition) is 2. The molecule has 0 bridgehead atoms. The van der Waals surface area contributed by atoms with Gasteiger partial charge in [0.2, 0.25) is 0 Å². The third-order valence-corrected chi connectivity index (χ3v) is 6.65.